The van der Waals surface area contributed by atoms with Crippen LogP contribution in [0.15, 0.2) is 29.0 Å². The van der Waals surface area contributed by atoms with Gasteiger partial charge in [0, 0.05) is 10.7 Å². The highest BCUT2D eigenvalue weighted by Gasteiger charge is 1.99. The van der Waals surface area contributed by atoms with Gasteiger partial charge < -0.3 is 5.11 Å². The van der Waals surface area contributed by atoms with E-state index in [0.717, 1.165) is 4.47 Å². The molecule has 11 heavy (non-hydrogen) atoms. The Hall–Kier alpha value is -1.03. The highest BCUT2D eigenvalue weighted by atomic mass is 79.9. The van der Waals surface area contributed by atoms with Crippen LogP contribution in [0, 0.1) is 0 Å². The van der Waals surface area contributed by atoms with E-state index in [2.05, 4.69) is 21.0 Å². The predicted molar refractivity (Wildman–Crippen MR) is 44.6 cm³/mol. The normalized spacial score (nSPS) is 10.6. The molecular weight excluding hydrogens is 208 g/mol. The summed E-state index contributed by atoms with van der Waals surface area (Å²) >= 11 is 3.30. The number of aromatic nitrogens is 2. The van der Waals surface area contributed by atoms with Crippen molar-refractivity contribution in [2.24, 2.45) is 0 Å². The molecule has 0 unspecified atom stereocenters. The maximum Gasteiger partial charge on any atom is 0.161 e. The van der Waals surface area contributed by atoms with Gasteiger partial charge in [-0.15, -0.1) is 0 Å². The highest BCUT2D eigenvalue weighted by Crippen LogP contribution is 2.19. The van der Waals surface area contributed by atoms with Crippen LogP contribution < -0.4 is 0 Å². The van der Waals surface area contributed by atoms with Gasteiger partial charge in [0.25, 0.3) is 0 Å². The third-order valence-electron chi connectivity index (χ3n) is 1.46. The Labute approximate surface area is 71.4 Å². The number of pyridine rings is 1. The van der Waals surface area contributed by atoms with Crippen molar-refractivity contribution >= 4 is 21.4 Å². The second-order valence-corrected chi connectivity index (χ2v) is 3.12. The van der Waals surface area contributed by atoms with Gasteiger partial charge in [-0.25, -0.2) is 4.52 Å². The fourth-order valence-electron chi connectivity index (χ4n) is 0.946. The van der Waals surface area contributed by atoms with Gasteiger partial charge in [-0.2, -0.15) is 5.10 Å². The minimum absolute atomic E-state index is 0.206. The Balaban J connectivity index is 2.86. The van der Waals surface area contributed by atoms with Crippen LogP contribution >= 0.6 is 15.9 Å². The fraction of sp³-hybridized carbons (Fsp3) is 0. The van der Waals surface area contributed by atoms with Gasteiger partial charge in [-0.1, -0.05) is 0 Å². The molecule has 0 spiro atoms. The van der Waals surface area contributed by atoms with E-state index in [9.17, 15) is 5.11 Å². The molecule has 2 aromatic heterocycles. The summed E-state index contributed by atoms with van der Waals surface area (Å²) in [7, 11) is 0. The summed E-state index contributed by atoms with van der Waals surface area (Å²) in [6.45, 7) is 0. The SMILES string of the molecule is Oc1cnn2cc(Br)ccc12. The molecule has 2 heterocycles. The smallest absolute Gasteiger partial charge is 0.161 e. The van der Waals surface area contributed by atoms with Gasteiger partial charge in [0.1, 0.15) is 5.52 Å². The van der Waals surface area contributed by atoms with E-state index in [0.29, 0.717) is 5.52 Å². The molecule has 0 aromatic carbocycles. The lowest BCUT2D eigenvalue weighted by Crippen LogP contribution is -1.83. The minimum atomic E-state index is 0.206. The average Bonchev–Trinajstić information content (AvgIpc) is 2.32. The van der Waals surface area contributed by atoms with Crippen LogP contribution in [-0.4, -0.2) is 14.7 Å². The van der Waals surface area contributed by atoms with Crippen molar-refractivity contribution in [1.29, 1.82) is 0 Å². The van der Waals surface area contributed by atoms with Gasteiger partial charge in [0.2, 0.25) is 0 Å². The van der Waals surface area contributed by atoms with Crippen molar-refractivity contribution in [2.75, 3.05) is 0 Å². The number of fused-ring (bicyclic) bond motifs is 1. The molecule has 0 aliphatic carbocycles. The first-order valence-corrected chi connectivity index (χ1v) is 3.88. The van der Waals surface area contributed by atoms with Crippen molar-refractivity contribution in [2.45, 2.75) is 0 Å². The fourth-order valence-corrected chi connectivity index (χ4v) is 1.27. The van der Waals surface area contributed by atoms with E-state index in [1.807, 2.05) is 6.07 Å². The maximum atomic E-state index is 9.20. The zero-order chi connectivity index (χ0) is 7.84. The van der Waals surface area contributed by atoms with Crippen molar-refractivity contribution in [1.82, 2.24) is 9.61 Å². The van der Waals surface area contributed by atoms with E-state index >= 15 is 0 Å². The summed E-state index contributed by atoms with van der Waals surface area (Å²) in [5, 5.41) is 13.1. The number of rotatable bonds is 0. The van der Waals surface area contributed by atoms with Gasteiger partial charge >= 0.3 is 0 Å². The molecule has 3 nitrogen and oxygen atoms in total. The van der Waals surface area contributed by atoms with E-state index < -0.39 is 0 Å². The molecule has 2 rings (SSSR count). The number of aromatic hydroxyl groups is 1. The largest absolute Gasteiger partial charge is 0.504 e. The average molecular weight is 213 g/mol. The second-order valence-electron chi connectivity index (χ2n) is 2.21. The van der Waals surface area contributed by atoms with Crippen molar-refractivity contribution in [3.63, 3.8) is 0 Å². The van der Waals surface area contributed by atoms with E-state index in [1.165, 1.54) is 6.20 Å². The Morgan fingerprint density at radius 1 is 1.45 bits per heavy atom. The lowest BCUT2D eigenvalue weighted by Gasteiger charge is -1.92. The summed E-state index contributed by atoms with van der Waals surface area (Å²) in [6, 6.07) is 3.66. The van der Waals surface area contributed by atoms with Gasteiger partial charge in [0.05, 0.1) is 6.20 Å². The summed E-state index contributed by atoms with van der Waals surface area (Å²) < 4.78 is 2.55. The van der Waals surface area contributed by atoms with E-state index in [4.69, 9.17) is 0 Å². The summed E-state index contributed by atoms with van der Waals surface area (Å²) in [5.41, 5.74) is 0.716. The van der Waals surface area contributed by atoms with Gasteiger partial charge in [-0.05, 0) is 28.1 Å². The lowest BCUT2D eigenvalue weighted by molar-refractivity contribution is 0.481. The van der Waals surface area contributed by atoms with E-state index in [1.54, 1.807) is 16.8 Å². The summed E-state index contributed by atoms with van der Waals surface area (Å²) in [6.07, 6.45) is 3.21. The van der Waals surface area contributed by atoms with Crippen LogP contribution in [0.2, 0.25) is 0 Å². The molecule has 4 heteroatoms. The molecule has 56 valence electrons. The third kappa shape index (κ3) is 0.991. The van der Waals surface area contributed by atoms with Crippen LogP contribution in [0.1, 0.15) is 0 Å². The first-order valence-electron chi connectivity index (χ1n) is 3.09. The quantitative estimate of drug-likeness (QED) is 0.724. The molecule has 0 atom stereocenters. The number of hydrogen-bond acceptors (Lipinski definition) is 2. The Morgan fingerprint density at radius 3 is 3.09 bits per heavy atom. The molecule has 0 radical (unpaired) electrons. The molecule has 0 fully saturated rings. The van der Waals surface area contributed by atoms with E-state index in [-0.39, 0.29) is 5.75 Å². The molecule has 0 saturated carbocycles. The molecule has 0 bridgehead atoms. The highest BCUT2D eigenvalue weighted by molar-refractivity contribution is 9.10. The van der Waals surface area contributed by atoms with Crippen LogP contribution in [0.3, 0.4) is 0 Å². The van der Waals surface area contributed by atoms with Crippen LogP contribution in [0.25, 0.3) is 5.52 Å². The molecule has 2 aromatic rings. The second kappa shape index (κ2) is 2.23. The third-order valence-corrected chi connectivity index (χ3v) is 1.93. The Kier molecular flexibility index (Phi) is 1.35. The van der Waals surface area contributed by atoms with Crippen LogP contribution in [0.5, 0.6) is 5.75 Å². The van der Waals surface area contributed by atoms with Gasteiger partial charge in [0.15, 0.2) is 5.75 Å². The first kappa shape index (κ1) is 6.67. The number of halogens is 1. The minimum Gasteiger partial charge on any atom is -0.504 e. The summed E-state index contributed by atoms with van der Waals surface area (Å²) in [4.78, 5) is 0. The Bertz CT molecular complexity index is 396. The first-order chi connectivity index (χ1) is 5.27. The number of nitrogens with zero attached hydrogens (tertiary/aromatic N) is 2. The van der Waals surface area contributed by atoms with Crippen LogP contribution in [0.4, 0.5) is 0 Å². The van der Waals surface area contributed by atoms with Crippen molar-refractivity contribution in [3.05, 3.63) is 29.0 Å². The van der Waals surface area contributed by atoms with Crippen molar-refractivity contribution in [3.8, 4) is 5.75 Å². The standard InChI is InChI=1S/C7H5BrN2O/c8-5-1-2-6-7(11)3-9-10(6)4-5/h1-4,11H. The Morgan fingerprint density at radius 2 is 2.27 bits per heavy atom. The maximum absolute atomic E-state index is 9.20. The van der Waals surface area contributed by atoms with Crippen molar-refractivity contribution < 1.29 is 5.11 Å². The molecule has 0 aliphatic heterocycles. The summed E-state index contributed by atoms with van der Waals surface area (Å²) in [5.74, 6) is 0.206. The lowest BCUT2D eigenvalue weighted by atomic mass is 10.4. The monoisotopic (exact) mass is 212 g/mol. The number of hydrogen-bond donors (Lipinski definition) is 1. The topological polar surface area (TPSA) is 37.5 Å². The molecule has 0 amide bonds. The molecule has 1 N–H and O–H groups in total. The zero-order valence-corrected chi connectivity index (χ0v) is 7.12. The molecule has 0 aliphatic rings. The zero-order valence-electron chi connectivity index (χ0n) is 5.53. The predicted octanol–water partition coefficient (Wildman–Crippen LogP) is 1.80. The van der Waals surface area contributed by atoms with Crippen LogP contribution in [-0.2, 0) is 0 Å². The van der Waals surface area contributed by atoms with Gasteiger partial charge in [-0.3, -0.25) is 0 Å². The molecule has 0 saturated heterocycles. The molecular formula is C7H5BrN2O.